The van der Waals surface area contributed by atoms with E-state index in [4.69, 9.17) is 4.74 Å². The minimum Gasteiger partial charge on any atom is -0.378 e. The van der Waals surface area contributed by atoms with E-state index in [1.165, 1.54) is 37.0 Å². The van der Waals surface area contributed by atoms with Crippen molar-refractivity contribution in [3.05, 3.63) is 35.6 Å². The van der Waals surface area contributed by atoms with Gasteiger partial charge in [0.1, 0.15) is 5.82 Å². The largest absolute Gasteiger partial charge is 0.378 e. The predicted molar refractivity (Wildman–Crippen MR) is 75.8 cm³/mol. The molecular weight excluding hydrogens is 241 g/mol. The second-order valence-electron chi connectivity index (χ2n) is 5.46. The van der Waals surface area contributed by atoms with Crippen molar-refractivity contribution in [3.8, 4) is 0 Å². The fraction of sp³-hybridized carbons (Fsp3) is 0.625. The molecule has 106 valence electrons. The Morgan fingerprint density at radius 3 is 2.84 bits per heavy atom. The van der Waals surface area contributed by atoms with Gasteiger partial charge in [0, 0.05) is 12.6 Å². The molecular formula is C16H24FNO. The number of benzene rings is 1. The normalized spacial score (nSPS) is 20.6. The molecule has 0 amide bonds. The predicted octanol–water partition coefficient (Wildman–Crippen LogP) is 3.31. The lowest BCUT2D eigenvalue weighted by Crippen LogP contribution is -2.29. The second kappa shape index (κ2) is 7.61. The maximum atomic E-state index is 12.8. The van der Waals surface area contributed by atoms with Crippen molar-refractivity contribution in [1.82, 2.24) is 5.32 Å². The van der Waals surface area contributed by atoms with E-state index in [2.05, 4.69) is 12.2 Å². The summed E-state index contributed by atoms with van der Waals surface area (Å²) in [4.78, 5) is 0. The summed E-state index contributed by atoms with van der Waals surface area (Å²) in [6, 6.07) is 7.20. The Morgan fingerprint density at radius 2 is 2.16 bits per heavy atom. The first-order valence-corrected chi connectivity index (χ1v) is 7.33. The van der Waals surface area contributed by atoms with Gasteiger partial charge in [0.15, 0.2) is 0 Å². The fourth-order valence-electron chi connectivity index (χ4n) is 2.60. The van der Waals surface area contributed by atoms with E-state index in [0.29, 0.717) is 12.1 Å². The number of hydrogen-bond donors (Lipinski definition) is 1. The molecule has 2 nitrogen and oxygen atoms in total. The lowest BCUT2D eigenvalue weighted by atomic mass is 10.1. The third-order valence-corrected chi connectivity index (χ3v) is 3.67. The highest BCUT2D eigenvalue weighted by Crippen LogP contribution is 2.16. The molecule has 0 aromatic heterocycles. The number of hydrogen-bond acceptors (Lipinski definition) is 2. The summed E-state index contributed by atoms with van der Waals surface area (Å²) >= 11 is 0. The van der Waals surface area contributed by atoms with E-state index in [0.717, 1.165) is 26.0 Å². The summed E-state index contributed by atoms with van der Waals surface area (Å²) in [6.07, 6.45) is 6.22. The number of rotatable bonds is 7. The minimum absolute atomic E-state index is 0.166. The van der Waals surface area contributed by atoms with Gasteiger partial charge in [0.25, 0.3) is 0 Å². The Labute approximate surface area is 115 Å². The van der Waals surface area contributed by atoms with Crippen LogP contribution in [-0.2, 0) is 11.2 Å². The molecule has 0 spiro atoms. The van der Waals surface area contributed by atoms with Crippen molar-refractivity contribution < 1.29 is 9.13 Å². The summed E-state index contributed by atoms with van der Waals surface area (Å²) in [7, 11) is 0. The van der Waals surface area contributed by atoms with E-state index in [1.54, 1.807) is 0 Å². The van der Waals surface area contributed by atoms with Crippen LogP contribution in [0.15, 0.2) is 24.3 Å². The quantitative estimate of drug-likeness (QED) is 0.764. The van der Waals surface area contributed by atoms with Crippen LogP contribution in [0.25, 0.3) is 0 Å². The van der Waals surface area contributed by atoms with Gasteiger partial charge in [-0.25, -0.2) is 4.39 Å². The third kappa shape index (κ3) is 5.29. The zero-order valence-corrected chi connectivity index (χ0v) is 11.7. The molecule has 3 heteroatoms. The van der Waals surface area contributed by atoms with Gasteiger partial charge in [-0.15, -0.1) is 0 Å². The summed E-state index contributed by atoms with van der Waals surface area (Å²) in [5.74, 6) is -0.166. The number of ether oxygens (including phenoxy) is 1. The first-order valence-electron chi connectivity index (χ1n) is 7.33. The molecule has 19 heavy (non-hydrogen) atoms. The van der Waals surface area contributed by atoms with E-state index in [-0.39, 0.29) is 5.82 Å². The lowest BCUT2D eigenvalue weighted by molar-refractivity contribution is 0.102. The van der Waals surface area contributed by atoms with Crippen LogP contribution in [0.3, 0.4) is 0 Å². The Hall–Kier alpha value is -0.930. The third-order valence-electron chi connectivity index (χ3n) is 3.67. The molecule has 1 aliphatic heterocycles. The average Bonchev–Trinajstić information content (AvgIpc) is 2.91. The second-order valence-corrected chi connectivity index (χ2v) is 5.46. The van der Waals surface area contributed by atoms with Crippen LogP contribution in [0.1, 0.15) is 38.2 Å². The smallest absolute Gasteiger partial charge is 0.123 e. The van der Waals surface area contributed by atoms with Crippen molar-refractivity contribution in [2.75, 3.05) is 13.2 Å². The standard InChI is InChI=1S/C16H24FNO/c1-13(12-14-6-8-15(17)9-7-14)18-10-2-4-16-5-3-11-19-16/h6-9,13,16,18H,2-5,10-12H2,1H3. The highest BCUT2D eigenvalue weighted by molar-refractivity contribution is 5.16. The zero-order chi connectivity index (χ0) is 13.5. The Bertz CT molecular complexity index is 360. The first-order chi connectivity index (χ1) is 9.24. The van der Waals surface area contributed by atoms with Gasteiger partial charge in [-0.05, 0) is 63.3 Å². The highest BCUT2D eigenvalue weighted by atomic mass is 19.1. The molecule has 1 heterocycles. The van der Waals surface area contributed by atoms with Crippen LogP contribution in [0.4, 0.5) is 4.39 Å². The molecule has 0 aliphatic carbocycles. The molecule has 1 aliphatic rings. The van der Waals surface area contributed by atoms with Crippen molar-refractivity contribution in [2.24, 2.45) is 0 Å². The topological polar surface area (TPSA) is 21.3 Å². The molecule has 2 rings (SSSR count). The van der Waals surface area contributed by atoms with Gasteiger partial charge in [-0.1, -0.05) is 12.1 Å². The van der Waals surface area contributed by atoms with Gasteiger partial charge in [0.05, 0.1) is 6.10 Å². The van der Waals surface area contributed by atoms with Gasteiger partial charge in [-0.3, -0.25) is 0 Å². The van der Waals surface area contributed by atoms with Gasteiger partial charge in [0.2, 0.25) is 0 Å². The Balaban J connectivity index is 1.58. The van der Waals surface area contributed by atoms with Crippen molar-refractivity contribution in [2.45, 2.75) is 51.2 Å². The SMILES string of the molecule is CC(Cc1ccc(F)cc1)NCCCC1CCCO1. The molecule has 1 aromatic rings. The summed E-state index contributed by atoms with van der Waals surface area (Å²) in [5, 5.41) is 3.52. The maximum Gasteiger partial charge on any atom is 0.123 e. The molecule has 2 atom stereocenters. The maximum absolute atomic E-state index is 12.8. The number of halogens is 1. The van der Waals surface area contributed by atoms with Gasteiger partial charge < -0.3 is 10.1 Å². The molecule has 0 bridgehead atoms. The summed E-state index contributed by atoms with van der Waals surface area (Å²) in [5.41, 5.74) is 1.18. The van der Waals surface area contributed by atoms with Gasteiger partial charge in [-0.2, -0.15) is 0 Å². The van der Waals surface area contributed by atoms with Crippen LogP contribution >= 0.6 is 0 Å². The molecule has 0 radical (unpaired) electrons. The van der Waals surface area contributed by atoms with Crippen LogP contribution < -0.4 is 5.32 Å². The van der Waals surface area contributed by atoms with E-state index in [9.17, 15) is 4.39 Å². The monoisotopic (exact) mass is 265 g/mol. The van der Waals surface area contributed by atoms with E-state index >= 15 is 0 Å². The number of nitrogens with one attached hydrogen (secondary N) is 1. The van der Waals surface area contributed by atoms with Crippen molar-refractivity contribution in [1.29, 1.82) is 0 Å². The molecule has 1 aromatic carbocycles. The molecule has 1 fully saturated rings. The Morgan fingerprint density at radius 1 is 1.37 bits per heavy atom. The van der Waals surface area contributed by atoms with E-state index < -0.39 is 0 Å². The zero-order valence-electron chi connectivity index (χ0n) is 11.7. The lowest BCUT2D eigenvalue weighted by Gasteiger charge is -2.15. The fourth-order valence-corrected chi connectivity index (χ4v) is 2.60. The molecule has 1 N–H and O–H groups in total. The molecule has 1 saturated heterocycles. The van der Waals surface area contributed by atoms with Crippen LogP contribution in [-0.4, -0.2) is 25.3 Å². The minimum atomic E-state index is -0.166. The van der Waals surface area contributed by atoms with Crippen LogP contribution in [0.2, 0.25) is 0 Å². The summed E-state index contributed by atoms with van der Waals surface area (Å²) < 4.78 is 18.4. The van der Waals surface area contributed by atoms with E-state index in [1.807, 2.05) is 12.1 Å². The van der Waals surface area contributed by atoms with Crippen molar-refractivity contribution in [3.63, 3.8) is 0 Å². The summed E-state index contributed by atoms with van der Waals surface area (Å²) in [6.45, 7) is 4.15. The first kappa shape index (κ1) is 14.5. The highest BCUT2D eigenvalue weighted by Gasteiger charge is 2.14. The van der Waals surface area contributed by atoms with Gasteiger partial charge >= 0.3 is 0 Å². The van der Waals surface area contributed by atoms with Crippen LogP contribution in [0.5, 0.6) is 0 Å². The molecule has 2 unspecified atom stereocenters. The van der Waals surface area contributed by atoms with Crippen LogP contribution in [0, 0.1) is 5.82 Å². The Kier molecular flexibility index (Phi) is 5.80. The van der Waals surface area contributed by atoms with Crippen molar-refractivity contribution >= 4 is 0 Å². The average molecular weight is 265 g/mol. The molecule has 0 saturated carbocycles.